The molecule has 26 heavy (non-hydrogen) atoms. The molecule has 0 aromatic heterocycles. The van der Waals surface area contributed by atoms with Crippen molar-refractivity contribution in [1.82, 2.24) is 4.90 Å². The van der Waals surface area contributed by atoms with Crippen LogP contribution in [0.4, 0.5) is 4.79 Å². The van der Waals surface area contributed by atoms with E-state index in [2.05, 4.69) is 0 Å². The van der Waals surface area contributed by atoms with Gasteiger partial charge in [-0.1, -0.05) is 77.8 Å². The van der Waals surface area contributed by atoms with Crippen molar-refractivity contribution in [3.8, 4) is 28.0 Å². The molecule has 1 amide bonds. The van der Waals surface area contributed by atoms with Crippen LogP contribution in [0.25, 0.3) is 22.3 Å². The lowest BCUT2D eigenvalue weighted by molar-refractivity contribution is 0.172. The van der Waals surface area contributed by atoms with Gasteiger partial charge in [0.2, 0.25) is 0 Å². The lowest BCUT2D eigenvalue weighted by Crippen LogP contribution is -2.25. The highest BCUT2D eigenvalue weighted by Crippen LogP contribution is 2.40. The van der Waals surface area contributed by atoms with Crippen molar-refractivity contribution in [3.05, 3.63) is 76.8 Å². The van der Waals surface area contributed by atoms with Crippen molar-refractivity contribution in [1.29, 1.82) is 0 Å². The molecule has 0 saturated heterocycles. The lowest BCUT2D eigenvalue weighted by atomic mass is 9.97. The minimum atomic E-state index is -0.449. The molecule has 5 heteroatoms. The smallest absolute Gasteiger partial charge is 0.409 e. The second-order valence-corrected chi connectivity index (χ2v) is 6.75. The van der Waals surface area contributed by atoms with E-state index in [1.54, 1.807) is 26.2 Å². The van der Waals surface area contributed by atoms with Crippen molar-refractivity contribution in [2.75, 3.05) is 14.1 Å². The van der Waals surface area contributed by atoms with E-state index < -0.39 is 6.09 Å². The zero-order valence-corrected chi connectivity index (χ0v) is 15.9. The normalized spacial score (nSPS) is 10.5. The van der Waals surface area contributed by atoms with Crippen molar-refractivity contribution in [3.63, 3.8) is 0 Å². The van der Waals surface area contributed by atoms with Crippen LogP contribution < -0.4 is 4.74 Å². The van der Waals surface area contributed by atoms with Gasteiger partial charge in [0.05, 0.1) is 10.0 Å². The predicted octanol–water partition coefficient (Wildman–Crippen LogP) is 6.39. The second kappa shape index (κ2) is 7.81. The average molecular weight is 386 g/mol. The number of ether oxygens (including phenoxy) is 1. The van der Waals surface area contributed by atoms with Gasteiger partial charge in [-0.2, -0.15) is 0 Å². The number of carbonyl (C=O) groups is 1. The van der Waals surface area contributed by atoms with E-state index >= 15 is 0 Å². The highest BCUT2D eigenvalue weighted by atomic mass is 35.5. The molecular formula is C21H17Cl2NO2. The van der Waals surface area contributed by atoms with Gasteiger partial charge >= 0.3 is 6.09 Å². The van der Waals surface area contributed by atoms with Crippen molar-refractivity contribution >= 4 is 29.3 Å². The fourth-order valence-corrected chi connectivity index (χ4v) is 2.86. The molecule has 0 bridgehead atoms. The van der Waals surface area contributed by atoms with Crippen LogP contribution in [0.15, 0.2) is 66.7 Å². The van der Waals surface area contributed by atoms with Gasteiger partial charge in [-0.25, -0.2) is 4.79 Å². The van der Waals surface area contributed by atoms with Crippen LogP contribution in [-0.4, -0.2) is 25.1 Å². The molecule has 0 heterocycles. The molecule has 0 aliphatic carbocycles. The maximum absolute atomic E-state index is 12.3. The van der Waals surface area contributed by atoms with E-state index in [1.807, 2.05) is 54.6 Å². The summed E-state index contributed by atoms with van der Waals surface area (Å²) in [5, 5.41) is 0.917. The Morgan fingerprint density at radius 2 is 1.46 bits per heavy atom. The van der Waals surface area contributed by atoms with E-state index in [-0.39, 0.29) is 0 Å². The van der Waals surface area contributed by atoms with E-state index in [9.17, 15) is 4.79 Å². The predicted molar refractivity (Wildman–Crippen MR) is 107 cm³/mol. The molecule has 0 saturated carbocycles. The van der Waals surface area contributed by atoms with Gasteiger partial charge in [0.1, 0.15) is 5.75 Å². The number of halogens is 2. The van der Waals surface area contributed by atoms with Crippen LogP contribution in [-0.2, 0) is 0 Å². The highest BCUT2D eigenvalue weighted by Gasteiger charge is 2.18. The molecule has 0 aliphatic rings. The monoisotopic (exact) mass is 385 g/mol. The Morgan fingerprint density at radius 1 is 0.808 bits per heavy atom. The summed E-state index contributed by atoms with van der Waals surface area (Å²) in [4.78, 5) is 13.6. The molecule has 0 aliphatic heterocycles. The molecule has 132 valence electrons. The Bertz CT molecular complexity index is 940. The van der Waals surface area contributed by atoms with E-state index in [0.717, 1.165) is 22.3 Å². The van der Waals surface area contributed by atoms with Crippen LogP contribution in [0.5, 0.6) is 5.75 Å². The quantitative estimate of drug-likeness (QED) is 0.522. The first kappa shape index (κ1) is 18.3. The Kier molecular flexibility index (Phi) is 5.50. The summed E-state index contributed by atoms with van der Waals surface area (Å²) in [5.74, 6) is 0.482. The van der Waals surface area contributed by atoms with Gasteiger partial charge in [0.15, 0.2) is 0 Å². The third-order valence-corrected chi connectivity index (χ3v) is 4.62. The van der Waals surface area contributed by atoms with Crippen LogP contribution in [0.2, 0.25) is 10.0 Å². The Hall–Kier alpha value is -2.49. The minimum absolute atomic E-state index is 0.444. The minimum Gasteiger partial charge on any atom is -0.409 e. The summed E-state index contributed by atoms with van der Waals surface area (Å²) in [7, 11) is 3.29. The summed E-state index contributed by atoms with van der Waals surface area (Å²) in [6.07, 6.45) is -0.449. The molecule has 3 rings (SSSR count). The third-order valence-electron chi connectivity index (χ3n) is 3.88. The number of carbonyl (C=O) groups excluding carboxylic acids is 1. The Morgan fingerprint density at radius 3 is 2.08 bits per heavy atom. The zero-order valence-electron chi connectivity index (χ0n) is 14.4. The van der Waals surface area contributed by atoms with Gasteiger partial charge in [-0.05, 0) is 23.3 Å². The first-order valence-corrected chi connectivity index (χ1v) is 8.76. The molecule has 3 aromatic rings. The summed E-state index contributed by atoms with van der Waals surface area (Å²) in [6.45, 7) is 0. The Balaban J connectivity index is 2.20. The number of hydrogen-bond acceptors (Lipinski definition) is 2. The fourth-order valence-electron chi connectivity index (χ4n) is 2.56. The summed E-state index contributed by atoms with van der Waals surface area (Å²) >= 11 is 12.2. The first-order valence-electron chi connectivity index (χ1n) is 8.00. The number of amides is 1. The van der Waals surface area contributed by atoms with E-state index in [4.69, 9.17) is 27.9 Å². The molecular weight excluding hydrogens is 369 g/mol. The average Bonchev–Trinajstić information content (AvgIpc) is 2.65. The van der Waals surface area contributed by atoms with E-state index in [1.165, 1.54) is 4.90 Å². The standard InChI is InChI=1S/C21H17Cl2NO2/c1-24(2)21(25)26-20-16(14-7-4-3-5-8-14)9-6-10-17(20)15-11-12-18(22)19(23)13-15/h3-13H,1-2H3. The van der Waals surface area contributed by atoms with Crippen molar-refractivity contribution in [2.24, 2.45) is 0 Å². The largest absolute Gasteiger partial charge is 0.414 e. The van der Waals surface area contributed by atoms with Gasteiger partial charge < -0.3 is 9.64 Å². The fraction of sp³-hybridized carbons (Fsp3) is 0.0952. The van der Waals surface area contributed by atoms with Gasteiger partial charge in [-0.15, -0.1) is 0 Å². The molecule has 3 nitrogen and oxygen atoms in total. The zero-order chi connectivity index (χ0) is 18.7. The van der Waals surface area contributed by atoms with Crippen LogP contribution in [0.3, 0.4) is 0 Å². The maximum atomic E-state index is 12.3. The molecule has 0 fully saturated rings. The molecule has 0 unspecified atom stereocenters. The first-order chi connectivity index (χ1) is 12.5. The lowest BCUT2D eigenvalue weighted by Gasteiger charge is -2.18. The molecule has 0 radical (unpaired) electrons. The van der Waals surface area contributed by atoms with Gasteiger partial charge in [0.25, 0.3) is 0 Å². The SMILES string of the molecule is CN(C)C(=O)Oc1c(-c2ccccc2)cccc1-c1ccc(Cl)c(Cl)c1. The number of benzene rings is 3. The maximum Gasteiger partial charge on any atom is 0.414 e. The molecule has 3 aromatic carbocycles. The van der Waals surface area contributed by atoms with Crippen molar-refractivity contribution < 1.29 is 9.53 Å². The van der Waals surface area contributed by atoms with Gasteiger partial charge in [0, 0.05) is 25.2 Å². The van der Waals surface area contributed by atoms with E-state index in [0.29, 0.717) is 15.8 Å². The number of para-hydroxylation sites is 1. The summed E-state index contributed by atoms with van der Waals surface area (Å²) < 4.78 is 5.73. The Labute approximate surface area is 162 Å². The summed E-state index contributed by atoms with van der Waals surface area (Å²) in [6, 6.07) is 20.9. The van der Waals surface area contributed by atoms with Crippen LogP contribution in [0, 0.1) is 0 Å². The molecule has 0 atom stereocenters. The molecule has 0 spiro atoms. The van der Waals surface area contributed by atoms with Crippen molar-refractivity contribution in [2.45, 2.75) is 0 Å². The second-order valence-electron chi connectivity index (χ2n) is 5.94. The number of rotatable bonds is 3. The number of hydrogen-bond donors (Lipinski definition) is 0. The van der Waals surface area contributed by atoms with Crippen LogP contribution >= 0.6 is 23.2 Å². The topological polar surface area (TPSA) is 29.5 Å². The van der Waals surface area contributed by atoms with Gasteiger partial charge in [-0.3, -0.25) is 0 Å². The summed E-state index contributed by atoms with van der Waals surface area (Å²) in [5.41, 5.74) is 3.36. The third kappa shape index (κ3) is 3.85. The van der Waals surface area contributed by atoms with Crippen LogP contribution in [0.1, 0.15) is 0 Å². The molecule has 0 N–H and O–H groups in total. The number of nitrogens with zero attached hydrogens (tertiary/aromatic N) is 1. The highest BCUT2D eigenvalue weighted by molar-refractivity contribution is 6.42.